The van der Waals surface area contributed by atoms with Crippen LogP contribution in [0.1, 0.15) is 0 Å². The van der Waals surface area contributed by atoms with Gasteiger partial charge in [0.15, 0.2) is 0 Å². The van der Waals surface area contributed by atoms with E-state index in [2.05, 4.69) is 12.6 Å². The highest BCUT2D eigenvalue weighted by Crippen LogP contribution is 2.31. The van der Waals surface area contributed by atoms with Crippen molar-refractivity contribution in [3.8, 4) is 11.3 Å². The lowest BCUT2D eigenvalue weighted by Crippen LogP contribution is -1.74. The Bertz CT molecular complexity index is 607. The van der Waals surface area contributed by atoms with Gasteiger partial charge in [-0.05, 0) is 18.2 Å². The number of hydrogen-bond donors (Lipinski definition) is 1. The van der Waals surface area contributed by atoms with E-state index in [-0.39, 0.29) is 0 Å². The molecule has 0 saturated carbocycles. The molecule has 0 radical (unpaired) electrons. The smallest absolute Gasteiger partial charge is 0.136 e. The maximum Gasteiger partial charge on any atom is 0.136 e. The van der Waals surface area contributed by atoms with Crippen LogP contribution < -0.4 is 0 Å². The highest BCUT2D eigenvalue weighted by molar-refractivity contribution is 7.80. The maximum absolute atomic E-state index is 5.79. The highest BCUT2D eigenvalue weighted by Gasteiger charge is 2.07. The summed E-state index contributed by atoms with van der Waals surface area (Å²) in [6.07, 6.45) is 0. The van der Waals surface area contributed by atoms with E-state index < -0.39 is 0 Å². The Morgan fingerprint density at radius 3 is 2.44 bits per heavy atom. The number of para-hydroxylation sites is 1. The Morgan fingerprint density at radius 1 is 0.875 bits per heavy atom. The number of hydrogen-bond acceptors (Lipinski definition) is 2. The first-order valence-corrected chi connectivity index (χ1v) is 5.56. The summed E-state index contributed by atoms with van der Waals surface area (Å²) in [6.45, 7) is 0. The standard InChI is InChI=1S/C14H10OS/c16-14-8-4-2-6-11(14)13-9-10-5-1-3-7-12(10)15-13/h1-9,16H. The van der Waals surface area contributed by atoms with Crippen molar-refractivity contribution in [1.82, 2.24) is 0 Å². The van der Waals surface area contributed by atoms with E-state index in [1.54, 1.807) is 0 Å². The molecule has 0 bridgehead atoms. The Kier molecular flexibility index (Phi) is 2.22. The zero-order chi connectivity index (χ0) is 11.0. The zero-order valence-electron chi connectivity index (χ0n) is 8.55. The predicted molar refractivity (Wildman–Crippen MR) is 68.9 cm³/mol. The van der Waals surface area contributed by atoms with Gasteiger partial charge in [-0.25, -0.2) is 0 Å². The van der Waals surface area contributed by atoms with Crippen LogP contribution in [0.3, 0.4) is 0 Å². The molecule has 0 aliphatic heterocycles. The van der Waals surface area contributed by atoms with Crippen LogP contribution in [0, 0.1) is 0 Å². The average Bonchev–Trinajstić information content (AvgIpc) is 2.73. The average molecular weight is 226 g/mol. The van der Waals surface area contributed by atoms with Crippen molar-refractivity contribution in [3.05, 3.63) is 54.6 Å². The molecule has 1 heterocycles. The van der Waals surface area contributed by atoms with E-state index in [1.165, 1.54) is 0 Å². The van der Waals surface area contributed by atoms with Crippen LogP contribution in [0.4, 0.5) is 0 Å². The van der Waals surface area contributed by atoms with E-state index in [0.717, 1.165) is 27.2 Å². The quantitative estimate of drug-likeness (QED) is 0.607. The Balaban J connectivity index is 2.23. The number of furan rings is 1. The molecule has 16 heavy (non-hydrogen) atoms. The van der Waals surface area contributed by atoms with Gasteiger partial charge in [-0.2, -0.15) is 0 Å². The van der Waals surface area contributed by atoms with Crippen LogP contribution in [-0.2, 0) is 0 Å². The number of thiol groups is 1. The minimum Gasteiger partial charge on any atom is -0.456 e. The normalized spacial score (nSPS) is 10.8. The van der Waals surface area contributed by atoms with Gasteiger partial charge in [0.1, 0.15) is 11.3 Å². The summed E-state index contributed by atoms with van der Waals surface area (Å²) in [7, 11) is 0. The van der Waals surface area contributed by atoms with Crippen molar-refractivity contribution in [2.24, 2.45) is 0 Å². The van der Waals surface area contributed by atoms with Crippen LogP contribution in [0.2, 0.25) is 0 Å². The largest absolute Gasteiger partial charge is 0.456 e. The fraction of sp³-hybridized carbons (Fsp3) is 0. The molecule has 2 heteroatoms. The minimum absolute atomic E-state index is 0.867. The van der Waals surface area contributed by atoms with Crippen molar-refractivity contribution in [1.29, 1.82) is 0 Å². The van der Waals surface area contributed by atoms with E-state index in [1.807, 2.05) is 54.6 Å². The van der Waals surface area contributed by atoms with Crippen molar-refractivity contribution in [3.63, 3.8) is 0 Å². The maximum atomic E-state index is 5.79. The molecule has 0 aliphatic rings. The van der Waals surface area contributed by atoms with Crippen LogP contribution in [0.25, 0.3) is 22.3 Å². The third-order valence-corrected chi connectivity index (χ3v) is 2.99. The van der Waals surface area contributed by atoms with Gasteiger partial charge in [0.05, 0.1) is 0 Å². The first-order valence-electron chi connectivity index (χ1n) is 5.11. The Morgan fingerprint density at radius 2 is 1.62 bits per heavy atom. The SMILES string of the molecule is Sc1ccccc1-c1cc2ccccc2o1. The minimum atomic E-state index is 0.867. The molecule has 0 saturated heterocycles. The second-order valence-corrected chi connectivity index (χ2v) is 4.15. The van der Waals surface area contributed by atoms with Crippen molar-refractivity contribution < 1.29 is 4.42 Å². The molecule has 0 fully saturated rings. The lowest BCUT2D eigenvalue weighted by molar-refractivity contribution is 0.630. The van der Waals surface area contributed by atoms with Gasteiger partial charge in [-0.1, -0.05) is 36.4 Å². The molecule has 0 N–H and O–H groups in total. The van der Waals surface area contributed by atoms with E-state index >= 15 is 0 Å². The lowest BCUT2D eigenvalue weighted by Gasteiger charge is -1.99. The van der Waals surface area contributed by atoms with Gasteiger partial charge in [-0.3, -0.25) is 0 Å². The predicted octanol–water partition coefficient (Wildman–Crippen LogP) is 4.39. The van der Waals surface area contributed by atoms with Crippen LogP contribution >= 0.6 is 12.6 Å². The third-order valence-electron chi connectivity index (χ3n) is 2.60. The van der Waals surface area contributed by atoms with Crippen LogP contribution in [0.5, 0.6) is 0 Å². The molecular formula is C14H10OS. The Hall–Kier alpha value is -1.67. The molecule has 0 unspecified atom stereocenters. The molecule has 2 aromatic carbocycles. The summed E-state index contributed by atoms with van der Waals surface area (Å²) in [5.41, 5.74) is 1.94. The number of rotatable bonds is 1. The first kappa shape index (κ1) is 9.55. The van der Waals surface area contributed by atoms with E-state index in [0.29, 0.717) is 0 Å². The zero-order valence-corrected chi connectivity index (χ0v) is 9.45. The molecule has 3 rings (SSSR count). The summed E-state index contributed by atoms with van der Waals surface area (Å²) in [5, 5.41) is 1.12. The first-order chi connectivity index (χ1) is 7.84. The molecule has 1 nitrogen and oxygen atoms in total. The van der Waals surface area contributed by atoms with Crippen molar-refractivity contribution >= 4 is 23.6 Å². The molecule has 3 aromatic rings. The van der Waals surface area contributed by atoms with Gasteiger partial charge in [0.2, 0.25) is 0 Å². The van der Waals surface area contributed by atoms with E-state index in [9.17, 15) is 0 Å². The monoisotopic (exact) mass is 226 g/mol. The molecule has 0 aliphatic carbocycles. The lowest BCUT2D eigenvalue weighted by atomic mass is 10.1. The van der Waals surface area contributed by atoms with Crippen LogP contribution in [0.15, 0.2) is 63.9 Å². The fourth-order valence-electron chi connectivity index (χ4n) is 1.80. The molecule has 1 aromatic heterocycles. The molecular weight excluding hydrogens is 216 g/mol. The Labute approximate surface area is 99.1 Å². The number of benzene rings is 2. The summed E-state index contributed by atoms with van der Waals surface area (Å²) in [5.74, 6) is 0.867. The summed E-state index contributed by atoms with van der Waals surface area (Å²) >= 11 is 4.43. The fourth-order valence-corrected chi connectivity index (χ4v) is 2.07. The van der Waals surface area contributed by atoms with Gasteiger partial charge in [0, 0.05) is 15.8 Å². The highest BCUT2D eigenvalue weighted by atomic mass is 32.1. The van der Waals surface area contributed by atoms with Gasteiger partial charge in [-0.15, -0.1) is 12.6 Å². The summed E-state index contributed by atoms with van der Waals surface area (Å²) < 4.78 is 5.79. The number of fused-ring (bicyclic) bond motifs is 1. The summed E-state index contributed by atoms with van der Waals surface area (Å²) in [6, 6.07) is 18.0. The van der Waals surface area contributed by atoms with Gasteiger partial charge in [0.25, 0.3) is 0 Å². The van der Waals surface area contributed by atoms with Crippen molar-refractivity contribution in [2.75, 3.05) is 0 Å². The third kappa shape index (κ3) is 1.51. The molecule has 0 spiro atoms. The van der Waals surface area contributed by atoms with E-state index in [4.69, 9.17) is 4.42 Å². The molecule has 78 valence electrons. The molecule has 0 amide bonds. The second kappa shape index (κ2) is 3.72. The topological polar surface area (TPSA) is 13.1 Å². The second-order valence-electron chi connectivity index (χ2n) is 3.67. The summed E-state index contributed by atoms with van der Waals surface area (Å²) in [4.78, 5) is 0.932. The van der Waals surface area contributed by atoms with Crippen LogP contribution in [-0.4, -0.2) is 0 Å². The molecule has 0 atom stereocenters. The van der Waals surface area contributed by atoms with Gasteiger partial charge >= 0.3 is 0 Å². The van der Waals surface area contributed by atoms with Crippen molar-refractivity contribution in [2.45, 2.75) is 4.90 Å². The van der Waals surface area contributed by atoms with Gasteiger partial charge < -0.3 is 4.42 Å².